The minimum Gasteiger partial charge on any atom is -1.00 e. The predicted octanol–water partition coefficient (Wildman–Crippen LogP) is -2.17. The highest BCUT2D eigenvalue weighted by Gasteiger charge is 1.96. The molecule has 0 aromatic carbocycles. The molecule has 0 aliphatic heterocycles. The lowest BCUT2D eigenvalue weighted by Gasteiger charge is -1.95. The normalized spacial score (nSPS) is 8.75. The van der Waals surface area contributed by atoms with E-state index >= 15 is 0 Å². The molecule has 0 spiro atoms. The van der Waals surface area contributed by atoms with Gasteiger partial charge in [-0.05, 0) is 6.42 Å². The highest BCUT2D eigenvalue weighted by Crippen LogP contribution is 1.80. The Bertz CT molecular complexity index is 232. The van der Waals surface area contributed by atoms with Gasteiger partial charge in [0, 0.05) is 0 Å². The lowest BCUT2D eigenvalue weighted by Crippen LogP contribution is -3.00. The van der Waals surface area contributed by atoms with E-state index in [1.54, 1.807) is 6.20 Å². The van der Waals surface area contributed by atoms with E-state index in [0.717, 1.165) is 13.0 Å². The number of nitrogens with zero attached hydrogens (tertiary/aromatic N) is 2. The highest BCUT2D eigenvalue weighted by molar-refractivity contribution is 4.95. The Morgan fingerprint density at radius 1 is 1.67 bits per heavy atom. The highest BCUT2D eigenvalue weighted by atomic mass is 35.5. The largest absolute Gasteiger partial charge is 1.00 e. The molecule has 0 unspecified atom stereocenters. The first-order valence-corrected chi connectivity index (χ1v) is 3.82. The summed E-state index contributed by atoms with van der Waals surface area (Å²) in [6, 6.07) is 0. The Balaban J connectivity index is 0.00000121. The molecule has 1 N–H and O–H groups in total. The topological polar surface area (TPSA) is 20.8 Å². The van der Waals surface area contributed by atoms with Gasteiger partial charge in [-0.15, -0.1) is 4.68 Å². The molecule has 12 heavy (non-hydrogen) atoms. The molecule has 0 aliphatic rings. The lowest BCUT2D eigenvalue weighted by molar-refractivity contribution is -0.567. The van der Waals surface area contributed by atoms with Crippen molar-refractivity contribution in [3.8, 4) is 0 Å². The Morgan fingerprint density at radius 2 is 2.42 bits per heavy atom. The Morgan fingerprint density at radius 3 is 2.92 bits per heavy atom. The number of halogens is 1. The third-order valence-corrected chi connectivity index (χ3v) is 1.41. The monoisotopic (exact) mass is 187 g/mol. The first kappa shape index (κ1) is 11.0. The molecule has 1 rings (SSSR count). The third kappa shape index (κ3) is 2.96. The number of hydrogen-bond donors (Lipinski definition) is 1. The van der Waals surface area contributed by atoms with Crippen molar-refractivity contribution in [3.63, 3.8) is 0 Å². The quantitative estimate of drug-likeness (QED) is 0.533. The molecule has 0 saturated carbocycles. The van der Waals surface area contributed by atoms with Crippen LogP contribution in [0, 0.1) is 0 Å². The van der Waals surface area contributed by atoms with Crippen molar-refractivity contribution in [2.45, 2.75) is 13.3 Å². The third-order valence-electron chi connectivity index (χ3n) is 1.41. The van der Waals surface area contributed by atoms with E-state index in [2.05, 4.69) is 18.9 Å². The van der Waals surface area contributed by atoms with Crippen molar-refractivity contribution in [2.75, 3.05) is 12.0 Å². The second-order valence-electron chi connectivity index (χ2n) is 2.36. The van der Waals surface area contributed by atoms with E-state index < -0.39 is 0 Å². The van der Waals surface area contributed by atoms with Gasteiger partial charge in [-0.25, -0.2) is 4.57 Å². The van der Waals surface area contributed by atoms with Crippen LogP contribution in [0.1, 0.15) is 13.3 Å². The van der Waals surface area contributed by atoms with Gasteiger partial charge in [0.05, 0.1) is 12.7 Å². The number of aromatic nitrogens is 2. The van der Waals surface area contributed by atoms with Gasteiger partial charge >= 0.3 is 0 Å². The Hall–Kier alpha value is -0.960. The molecule has 4 heteroatoms. The molecule has 1 aromatic rings. The number of imidazole rings is 1. The summed E-state index contributed by atoms with van der Waals surface area (Å²) in [4.78, 5) is 0. The standard InChI is InChI=1S/C8H14N3.ClH/c1-3-5-9-11-7-6-10(4-2)8-11;/h4,6-9H,2-3,5H2,1H3;1H/q+1;/p-1. The zero-order chi connectivity index (χ0) is 8.10. The van der Waals surface area contributed by atoms with E-state index in [4.69, 9.17) is 0 Å². The van der Waals surface area contributed by atoms with Gasteiger partial charge in [0.15, 0.2) is 6.20 Å². The van der Waals surface area contributed by atoms with Gasteiger partial charge in [-0.2, -0.15) is 0 Å². The van der Waals surface area contributed by atoms with Crippen LogP contribution in [0.4, 0.5) is 0 Å². The molecule has 3 nitrogen and oxygen atoms in total. The van der Waals surface area contributed by atoms with Crippen LogP contribution in [-0.4, -0.2) is 11.2 Å². The number of nitrogens with one attached hydrogen (secondary N) is 1. The summed E-state index contributed by atoms with van der Waals surface area (Å²) in [5.41, 5.74) is 3.20. The summed E-state index contributed by atoms with van der Waals surface area (Å²) in [5, 5.41) is 0. The molecule has 0 atom stereocenters. The average molecular weight is 188 g/mol. The molecule has 0 radical (unpaired) electrons. The fraction of sp³-hybridized carbons (Fsp3) is 0.375. The molecule has 0 aliphatic carbocycles. The molecule has 0 bridgehead atoms. The molecule has 0 fully saturated rings. The molecule has 0 saturated heterocycles. The lowest BCUT2D eigenvalue weighted by atomic mass is 10.5. The first-order valence-electron chi connectivity index (χ1n) is 3.82. The van der Waals surface area contributed by atoms with Gasteiger partial charge in [0.2, 0.25) is 0 Å². The van der Waals surface area contributed by atoms with Crippen LogP contribution in [-0.2, 0) is 0 Å². The summed E-state index contributed by atoms with van der Waals surface area (Å²) in [5.74, 6) is 0. The Labute approximate surface area is 79.1 Å². The van der Waals surface area contributed by atoms with E-state index in [1.165, 1.54) is 0 Å². The van der Waals surface area contributed by atoms with Gasteiger partial charge in [0.1, 0.15) is 6.20 Å². The average Bonchev–Trinajstić information content (AvgIpc) is 2.48. The maximum absolute atomic E-state index is 3.65. The second kappa shape index (κ2) is 5.66. The van der Waals surface area contributed by atoms with Crippen molar-refractivity contribution < 1.29 is 17.0 Å². The van der Waals surface area contributed by atoms with Crippen molar-refractivity contribution in [3.05, 3.63) is 25.3 Å². The minimum atomic E-state index is 0. The molecule has 68 valence electrons. The van der Waals surface area contributed by atoms with E-state index in [0.29, 0.717) is 0 Å². The van der Waals surface area contributed by atoms with Crippen LogP contribution < -0.4 is 22.4 Å². The number of hydrogen-bond acceptors (Lipinski definition) is 1. The SMILES string of the molecule is C=C[n+]1ccn(NCCC)c1.[Cl-]. The first-order chi connectivity index (χ1) is 5.36. The molecule has 1 aromatic heterocycles. The second-order valence-corrected chi connectivity index (χ2v) is 2.36. The molecular formula is C8H14ClN3. The van der Waals surface area contributed by atoms with Crippen molar-refractivity contribution in [1.82, 2.24) is 4.68 Å². The van der Waals surface area contributed by atoms with Crippen LogP contribution in [0.15, 0.2) is 25.3 Å². The maximum Gasteiger partial charge on any atom is 0.271 e. The molecule has 1 heterocycles. The van der Waals surface area contributed by atoms with E-state index in [9.17, 15) is 0 Å². The van der Waals surface area contributed by atoms with Crippen LogP contribution in [0.5, 0.6) is 0 Å². The summed E-state index contributed by atoms with van der Waals surface area (Å²) < 4.78 is 3.81. The zero-order valence-corrected chi connectivity index (χ0v) is 7.96. The van der Waals surface area contributed by atoms with Crippen LogP contribution in [0.2, 0.25) is 0 Å². The summed E-state index contributed by atoms with van der Waals surface area (Å²) in [7, 11) is 0. The number of rotatable bonds is 4. The van der Waals surface area contributed by atoms with E-state index in [-0.39, 0.29) is 12.4 Å². The maximum atomic E-state index is 3.65. The van der Waals surface area contributed by atoms with Crippen LogP contribution in [0.3, 0.4) is 0 Å². The summed E-state index contributed by atoms with van der Waals surface area (Å²) >= 11 is 0. The minimum absolute atomic E-state index is 0. The van der Waals surface area contributed by atoms with Gasteiger partial charge in [0.25, 0.3) is 6.33 Å². The van der Waals surface area contributed by atoms with Gasteiger partial charge in [-0.3, -0.25) is 5.43 Å². The van der Waals surface area contributed by atoms with Gasteiger partial charge in [-0.1, -0.05) is 13.5 Å². The van der Waals surface area contributed by atoms with Gasteiger partial charge < -0.3 is 12.4 Å². The Kier molecular flexibility index (Phi) is 5.21. The smallest absolute Gasteiger partial charge is 0.271 e. The van der Waals surface area contributed by atoms with Crippen LogP contribution >= 0.6 is 0 Å². The fourth-order valence-corrected chi connectivity index (χ4v) is 0.812. The van der Waals surface area contributed by atoms with Crippen molar-refractivity contribution >= 4 is 6.20 Å². The van der Waals surface area contributed by atoms with Crippen molar-refractivity contribution in [2.24, 2.45) is 0 Å². The molecular weight excluding hydrogens is 174 g/mol. The van der Waals surface area contributed by atoms with Crippen molar-refractivity contribution in [1.29, 1.82) is 0 Å². The predicted molar refractivity (Wildman–Crippen MR) is 45.5 cm³/mol. The summed E-state index contributed by atoms with van der Waals surface area (Å²) in [6.45, 7) is 6.78. The molecule has 0 amide bonds. The summed E-state index contributed by atoms with van der Waals surface area (Å²) in [6.07, 6.45) is 8.71. The zero-order valence-electron chi connectivity index (χ0n) is 7.20. The van der Waals surface area contributed by atoms with Crippen LogP contribution in [0.25, 0.3) is 6.20 Å². The van der Waals surface area contributed by atoms with E-state index in [1.807, 2.05) is 28.0 Å². The fourth-order valence-electron chi connectivity index (χ4n) is 0.812.